The average molecular weight is 397 g/mol. The SMILES string of the molecule is CN=C(NCc1cccc(CN(C)C)c1)N1CCc2cc(OC)c(OC)cc2C1. The van der Waals surface area contributed by atoms with Crippen LogP contribution in [-0.2, 0) is 26.1 Å². The number of rotatable bonds is 6. The van der Waals surface area contributed by atoms with Crippen molar-refractivity contribution in [3.8, 4) is 11.5 Å². The minimum atomic E-state index is 0.753. The third kappa shape index (κ3) is 5.21. The van der Waals surface area contributed by atoms with Crippen molar-refractivity contribution in [1.29, 1.82) is 0 Å². The molecule has 6 nitrogen and oxygen atoms in total. The number of methoxy groups -OCH3 is 2. The Bertz CT molecular complexity index is 864. The summed E-state index contributed by atoms with van der Waals surface area (Å²) < 4.78 is 10.9. The van der Waals surface area contributed by atoms with Gasteiger partial charge in [-0.25, -0.2) is 0 Å². The van der Waals surface area contributed by atoms with Crippen molar-refractivity contribution >= 4 is 5.96 Å². The highest BCUT2D eigenvalue weighted by Gasteiger charge is 2.21. The van der Waals surface area contributed by atoms with Crippen molar-refractivity contribution in [3.05, 3.63) is 58.7 Å². The Morgan fingerprint density at radius 3 is 2.41 bits per heavy atom. The van der Waals surface area contributed by atoms with Crippen LogP contribution in [0.3, 0.4) is 0 Å². The van der Waals surface area contributed by atoms with Crippen LogP contribution in [0.25, 0.3) is 0 Å². The summed E-state index contributed by atoms with van der Waals surface area (Å²) in [6.07, 6.45) is 0.953. The average Bonchev–Trinajstić information content (AvgIpc) is 2.72. The van der Waals surface area contributed by atoms with Crippen LogP contribution in [-0.4, -0.2) is 57.7 Å². The molecule has 2 aromatic carbocycles. The monoisotopic (exact) mass is 396 g/mol. The van der Waals surface area contributed by atoms with Crippen LogP contribution >= 0.6 is 0 Å². The topological polar surface area (TPSA) is 49.3 Å². The first-order valence-corrected chi connectivity index (χ1v) is 9.96. The van der Waals surface area contributed by atoms with Gasteiger partial charge < -0.3 is 24.6 Å². The van der Waals surface area contributed by atoms with Crippen molar-refractivity contribution in [3.63, 3.8) is 0 Å². The minimum Gasteiger partial charge on any atom is -0.493 e. The molecule has 6 heteroatoms. The number of benzene rings is 2. The number of aliphatic imine (C=N–C) groups is 1. The van der Waals surface area contributed by atoms with Crippen LogP contribution < -0.4 is 14.8 Å². The van der Waals surface area contributed by atoms with Crippen LogP contribution in [0.5, 0.6) is 11.5 Å². The second-order valence-corrected chi connectivity index (χ2v) is 7.61. The predicted molar refractivity (Wildman–Crippen MR) is 118 cm³/mol. The molecule has 0 bridgehead atoms. The van der Waals surface area contributed by atoms with Gasteiger partial charge in [0, 0.05) is 33.2 Å². The van der Waals surface area contributed by atoms with Gasteiger partial charge in [0.05, 0.1) is 14.2 Å². The lowest BCUT2D eigenvalue weighted by molar-refractivity contribution is 0.346. The van der Waals surface area contributed by atoms with Crippen molar-refractivity contribution in [2.45, 2.75) is 26.1 Å². The summed E-state index contributed by atoms with van der Waals surface area (Å²) in [5.74, 6) is 2.48. The van der Waals surface area contributed by atoms with E-state index in [4.69, 9.17) is 9.47 Å². The van der Waals surface area contributed by atoms with Crippen molar-refractivity contribution in [2.75, 3.05) is 41.9 Å². The van der Waals surface area contributed by atoms with Crippen LogP contribution in [0.4, 0.5) is 0 Å². The smallest absolute Gasteiger partial charge is 0.194 e. The van der Waals surface area contributed by atoms with Crippen molar-refractivity contribution < 1.29 is 9.47 Å². The largest absolute Gasteiger partial charge is 0.493 e. The molecule has 1 heterocycles. The Morgan fingerprint density at radius 1 is 1.07 bits per heavy atom. The number of hydrogen-bond donors (Lipinski definition) is 1. The van der Waals surface area contributed by atoms with Gasteiger partial charge in [-0.1, -0.05) is 24.3 Å². The van der Waals surface area contributed by atoms with Crippen LogP contribution in [0, 0.1) is 0 Å². The van der Waals surface area contributed by atoms with Gasteiger partial charge in [-0.05, 0) is 54.9 Å². The summed E-state index contributed by atoms with van der Waals surface area (Å²) in [6.45, 7) is 3.42. The van der Waals surface area contributed by atoms with Crippen molar-refractivity contribution in [2.24, 2.45) is 4.99 Å². The quantitative estimate of drug-likeness (QED) is 0.601. The van der Waals surface area contributed by atoms with Gasteiger partial charge >= 0.3 is 0 Å². The molecular weight excluding hydrogens is 364 g/mol. The molecular formula is C23H32N4O2. The van der Waals surface area contributed by atoms with E-state index in [1.807, 2.05) is 7.05 Å². The number of nitrogens with one attached hydrogen (secondary N) is 1. The lowest BCUT2D eigenvalue weighted by Gasteiger charge is -2.32. The molecule has 0 aromatic heterocycles. The zero-order chi connectivity index (χ0) is 20.8. The first-order chi connectivity index (χ1) is 14.0. The van der Waals surface area contributed by atoms with Gasteiger partial charge in [-0.2, -0.15) is 0 Å². The van der Waals surface area contributed by atoms with Crippen LogP contribution in [0.1, 0.15) is 22.3 Å². The zero-order valence-electron chi connectivity index (χ0n) is 18.2. The van der Waals surface area contributed by atoms with Gasteiger partial charge in [-0.15, -0.1) is 0 Å². The summed E-state index contributed by atoms with van der Waals surface area (Å²) in [4.78, 5) is 8.98. The summed E-state index contributed by atoms with van der Waals surface area (Å²) in [7, 11) is 9.38. The molecule has 0 fully saturated rings. The van der Waals surface area contributed by atoms with Gasteiger partial charge in [0.15, 0.2) is 17.5 Å². The normalized spacial score (nSPS) is 14.0. The molecule has 0 saturated carbocycles. The number of ether oxygens (including phenoxy) is 2. The molecule has 0 amide bonds. The Hall–Kier alpha value is -2.73. The van der Waals surface area contributed by atoms with E-state index < -0.39 is 0 Å². The fraction of sp³-hybridized carbons (Fsp3) is 0.435. The van der Waals surface area contributed by atoms with Gasteiger partial charge in [0.1, 0.15) is 0 Å². The van der Waals surface area contributed by atoms with E-state index >= 15 is 0 Å². The van der Waals surface area contributed by atoms with Crippen LogP contribution in [0.15, 0.2) is 41.4 Å². The Kier molecular flexibility index (Phi) is 6.99. The highest BCUT2D eigenvalue weighted by Crippen LogP contribution is 2.33. The molecule has 1 aliphatic rings. The molecule has 0 spiro atoms. The molecule has 0 radical (unpaired) electrons. The maximum absolute atomic E-state index is 5.48. The molecule has 3 rings (SSSR count). The standard InChI is InChI=1S/C23H32N4O2/c1-24-23(25-14-17-7-6-8-18(11-17)15-26(2)3)27-10-9-19-12-21(28-4)22(29-5)13-20(19)16-27/h6-8,11-13H,9-10,14-16H2,1-5H3,(H,24,25). The second kappa shape index (κ2) is 9.65. The third-order valence-electron chi connectivity index (χ3n) is 5.17. The van der Waals surface area contributed by atoms with E-state index in [1.54, 1.807) is 14.2 Å². The van der Waals surface area contributed by atoms with E-state index in [0.717, 1.165) is 50.1 Å². The molecule has 156 valence electrons. The highest BCUT2D eigenvalue weighted by molar-refractivity contribution is 5.80. The second-order valence-electron chi connectivity index (χ2n) is 7.61. The number of nitrogens with zero attached hydrogens (tertiary/aromatic N) is 3. The lowest BCUT2D eigenvalue weighted by Crippen LogP contribution is -2.43. The number of hydrogen-bond acceptors (Lipinski definition) is 4. The molecule has 2 aromatic rings. The first kappa shape index (κ1) is 21.0. The molecule has 29 heavy (non-hydrogen) atoms. The predicted octanol–water partition coefficient (Wildman–Crippen LogP) is 2.90. The van der Waals surface area contributed by atoms with Gasteiger partial charge in [-0.3, -0.25) is 4.99 Å². The number of fused-ring (bicyclic) bond motifs is 1. The van der Waals surface area contributed by atoms with E-state index in [1.165, 1.54) is 22.3 Å². The van der Waals surface area contributed by atoms with Crippen LogP contribution in [0.2, 0.25) is 0 Å². The van der Waals surface area contributed by atoms with E-state index in [9.17, 15) is 0 Å². The molecule has 1 aliphatic heterocycles. The molecule has 0 unspecified atom stereocenters. The fourth-order valence-corrected chi connectivity index (χ4v) is 3.78. The van der Waals surface area contributed by atoms with Gasteiger partial charge in [0.2, 0.25) is 0 Å². The summed E-state index contributed by atoms with van der Waals surface area (Å²) in [5, 5.41) is 3.52. The van der Waals surface area contributed by atoms with E-state index in [0.29, 0.717) is 0 Å². The van der Waals surface area contributed by atoms with E-state index in [-0.39, 0.29) is 0 Å². The highest BCUT2D eigenvalue weighted by atomic mass is 16.5. The fourth-order valence-electron chi connectivity index (χ4n) is 3.78. The Morgan fingerprint density at radius 2 is 1.76 bits per heavy atom. The maximum Gasteiger partial charge on any atom is 0.194 e. The molecule has 0 saturated heterocycles. The number of guanidine groups is 1. The Balaban J connectivity index is 1.67. The maximum atomic E-state index is 5.48. The zero-order valence-corrected chi connectivity index (χ0v) is 18.2. The summed E-state index contributed by atoms with van der Waals surface area (Å²) in [5.41, 5.74) is 5.14. The van der Waals surface area contributed by atoms with E-state index in [2.05, 4.69) is 70.6 Å². The molecule has 1 N–H and O–H groups in total. The summed E-state index contributed by atoms with van der Waals surface area (Å²) in [6, 6.07) is 12.9. The first-order valence-electron chi connectivity index (χ1n) is 9.96. The minimum absolute atomic E-state index is 0.753. The van der Waals surface area contributed by atoms with Gasteiger partial charge in [0.25, 0.3) is 0 Å². The third-order valence-corrected chi connectivity index (χ3v) is 5.17. The Labute approximate surface area is 174 Å². The molecule has 0 atom stereocenters. The summed E-state index contributed by atoms with van der Waals surface area (Å²) >= 11 is 0. The van der Waals surface area contributed by atoms with Crippen molar-refractivity contribution in [1.82, 2.24) is 15.1 Å². The lowest BCUT2D eigenvalue weighted by atomic mass is 9.99. The molecule has 0 aliphatic carbocycles.